The van der Waals surface area contributed by atoms with Gasteiger partial charge in [-0.1, -0.05) is 6.92 Å². The average molecular weight is 254 g/mol. The second-order valence-electron chi connectivity index (χ2n) is 5.24. The van der Waals surface area contributed by atoms with Crippen molar-refractivity contribution in [3.05, 3.63) is 0 Å². The number of hydrogen-bond donors (Lipinski definition) is 1. The van der Waals surface area contributed by atoms with E-state index in [-0.39, 0.29) is 0 Å². The van der Waals surface area contributed by atoms with Crippen molar-refractivity contribution in [2.75, 3.05) is 13.7 Å². The standard InChI is InChI=1S/C14H26N2O2/c1-3-14(16,11-15)8-5-9-18-13-7-4-6-12(10-13)17-2/h12-13H,3-10,16H2,1-2H3. The number of nitrogens with two attached hydrogens (primary N) is 1. The first kappa shape index (κ1) is 15.4. The van der Waals surface area contributed by atoms with E-state index in [1.807, 2.05) is 6.92 Å². The van der Waals surface area contributed by atoms with Gasteiger partial charge < -0.3 is 15.2 Å². The van der Waals surface area contributed by atoms with Gasteiger partial charge >= 0.3 is 0 Å². The van der Waals surface area contributed by atoms with Crippen LogP contribution in [-0.4, -0.2) is 31.5 Å². The summed E-state index contributed by atoms with van der Waals surface area (Å²) in [7, 11) is 1.77. The van der Waals surface area contributed by atoms with Crippen molar-refractivity contribution in [2.45, 2.75) is 69.6 Å². The zero-order valence-electron chi connectivity index (χ0n) is 11.7. The minimum atomic E-state index is -0.676. The van der Waals surface area contributed by atoms with Gasteiger partial charge in [-0.3, -0.25) is 0 Å². The topological polar surface area (TPSA) is 68.3 Å². The Morgan fingerprint density at radius 2 is 2.11 bits per heavy atom. The molecule has 0 heterocycles. The summed E-state index contributed by atoms with van der Waals surface area (Å²) in [6.45, 7) is 2.65. The van der Waals surface area contributed by atoms with Gasteiger partial charge in [-0.15, -0.1) is 0 Å². The number of nitriles is 1. The second-order valence-corrected chi connectivity index (χ2v) is 5.24. The first-order valence-electron chi connectivity index (χ1n) is 6.98. The summed E-state index contributed by atoms with van der Waals surface area (Å²) in [6, 6.07) is 2.18. The quantitative estimate of drug-likeness (QED) is 0.708. The molecule has 4 heteroatoms. The van der Waals surface area contributed by atoms with E-state index < -0.39 is 5.54 Å². The third-order valence-corrected chi connectivity index (χ3v) is 3.89. The van der Waals surface area contributed by atoms with Crippen LogP contribution in [0, 0.1) is 11.3 Å². The molecule has 3 atom stereocenters. The number of rotatable bonds is 7. The molecule has 0 bridgehead atoms. The third-order valence-electron chi connectivity index (χ3n) is 3.89. The summed E-state index contributed by atoms with van der Waals surface area (Å²) in [5.41, 5.74) is 5.25. The van der Waals surface area contributed by atoms with Crippen LogP contribution in [0.3, 0.4) is 0 Å². The Hall–Kier alpha value is -0.630. The van der Waals surface area contributed by atoms with Gasteiger partial charge in [0.15, 0.2) is 0 Å². The number of nitrogens with zero attached hydrogens (tertiary/aromatic N) is 1. The predicted molar refractivity (Wildman–Crippen MR) is 71.1 cm³/mol. The van der Waals surface area contributed by atoms with Gasteiger partial charge in [0.2, 0.25) is 0 Å². The van der Waals surface area contributed by atoms with Gasteiger partial charge in [0, 0.05) is 13.7 Å². The summed E-state index contributed by atoms with van der Waals surface area (Å²) < 4.78 is 11.2. The largest absolute Gasteiger partial charge is 0.381 e. The van der Waals surface area contributed by atoms with Crippen LogP contribution in [-0.2, 0) is 9.47 Å². The molecule has 0 aliphatic heterocycles. The highest BCUT2D eigenvalue weighted by molar-refractivity contribution is 5.03. The molecule has 104 valence electrons. The van der Waals surface area contributed by atoms with Crippen LogP contribution in [0.1, 0.15) is 51.9 Å². The van der Waals surface area contributed by atoms with E-state index in [2.05, 4.69) is 6.07 Å². The normalized spacial score (nSPS) is 27.4. The van der Waals surface area contributed by atoms with Gasteiger partial charge in [-0.2, -0.15) is 5.26 Å². The SMILES string of the molecule is CCC(N)(C#N)CCCOC1CCCC(OC)C1. The summed E-state index contributed by atoms with van der Waals surface area (Å²) in [6.07, 6.45) is 7.37. The summed E-state index contributed by atoms with van der Waals surface area (Å²) >= 11 is 0. The number of methoxy groups -OCH3 is 1. The highest BCUT2D eigenvalue weighted by Gasteiger charge is 2.23. The predicted octanol–water partition coefficient (Wildman–Crippen LogP) is 2.37. The van der Waals surface area contributed by atoms with Crippen molar-refractivity contribution in [3.63, 3.8) is 0 Å². The molecule has 1 fully saturated rings. The molecule has 0 amide bonds. The molecule has 0 aromatic rings. The Morgan fingerprint density at radius 1 is 1.39 bits per heavy atom. The van der Waals surface area contributed by atoms with Crippen LogP contribution < -0.4 is 5.73 Å². The van der Waals surface area contributed by atoms with E-state index in [4.69, 9.17) is 20.5 Å². The summed E-state index contributed by atoms with van der Waals surface area (Å²) in [4.78, 5) is 0. The molecule has 1 aliphatic rings. The van der Waals surface area contributed by atoms with Crippen molar-refractivity contribution >= 4 is 0 Å². The summed E-state index contributed by atoms with van der Waals surface area (Å²) in [5.74, 6) is 0. The molecule has 0 saturated heterocycles. The molecule has 0 aromatic heterocycles. The smallest absolute Gasteiger partial charge is 0.104 e. The van der Waals surface area contributed by atoms with Crippen LogP contribution >= 0.6 is 0 Å². The zero-order valence-corrected chi connectivity index (χ0v) is 11.7. The van der Waals surface area contributed by atoms with E-state index in [0.29, 0.717) is 31.7 Å². The van der Waals surface area contributed by atoms with Crippen LogP contribution in [0.15, 0.2) is 0 Å². The van der Waals surface area contributed by atoms with Crippen LogP contribution in [0.2, 0.25) is 0 Å². The van der Waals surface area contributed by atoms with E-state index in [1.165, 1.54) is 6.42 Å². The van der Waals surface area contributed by atoms with E-state index in [1.54, 1.807) is 7.11 Å². The Morgan fingerprint density at radius 3 is 2.72 bits per heavy atom. The fourth-order valence-corrected chi connectivity index (χ4v) is 2.42. The maximum atomic E-state index is 8.97. The molecule has 1 aliphatic carbocycles. The highest BCUT2D eigenvalue weighted by atomic mass is 16.5. The second kappa shape index (κ2) is 7.73. The first-order chi connectivity index (χ1) is 8.63. The molecule has 0 aromatic carbocycles. The molecule has 2 N–H and O–H groups in total. The maximum Gasteiger partial charge on any atom is 0.104 e. The molecule has 1 saturated carbocycles. The molecule has 3 unspecified atom stereocenters. The summed E-state index contributed by atoms with van der Waals surface area (Å²) in [5, 5.41) is 8.97. The Balaban J connectivity index is 2.16. The zero-order chi connectivity index (χ0) is 13.4. The minimum Gasteiger partial charge on any atom is -0.381 e. The lowest BCUT2D eigenvalue weighted by Crippen LogP contribution is -2.37. The molecule has 0 spiro atoms. The third kappa shape index (κ3) is 4.93. The van der Waals surface area contributed by atoms with E-state index in [9.17, 15) is 0 Å². The molecule has 18 heavy (non-hydrogen) atoms. The van der Waals surface area contributed by atoms with E-state index in [0.717, 1.165) is 25.7 Å². The van der Waals surface area contributed by atoms with Gasteiger partial charge in [0.1, 0.15) is 5.54 Å². The van der Waals surface area contributed by atoms with Crippen molar-refractivity contribution in [2.24, 2.45) is 5.73 Å². The monoisotopic (exact) mass is 254 g/mol. The molecular formula is C14H26N2O2. The Labute approximate surface area is 110 Å². The fraction of sp³-hybridized carbons (Fsp3) is 0.929. The molecule has 0 radical (unpaired) electrons. The van der Waals surface area contributed by atoms with Crippen molar-refractivity contribution < 1.29 is 9.47 Å². The average Bonchev–Trinajstić information content (AvgIpc) is 2.43. The first-order valence-corrected chi connectivity index (χ1v) is 6.98. The van der Waals surface area contributed by atoms with Gasteiger partial charge in [0.25, 0.3) is 0 Å². The van der Waals surface area contributed by atoms with Gasteiger partial charge in [-0.25, -0.2) is 0 Å². The number of hydrogen-bond acceptors (Lipinski definition) is 4. The van der Waals surface area contributed by atoms with Crippen molar-refractivity contribution in [3.8, 4) is 6.07 Å². The van der Waals surface area contributed by atoms with Crippen molar-refractivity contribution in [1.82, 2.24) is 0 Å². The van der Waals surface area contributed by atoms with Gasteiger partial charge in [0.05, 0.1) is 18.3 Å². The molecule has 1 rings (SSSR count). The van der Waals surface area contributed by atoms with Crippen LogP contribution in [0.4, 0.5) is 0 Å². The Kier molecular flexibility index (Phi) is 6.62. The molecule has 4 nitrogen and oxygen atoms in total. The number of ether oxygens (including phenoxy) is 2. The fourth-order valence-electron chi connectivity index (χ4n) is 2.42. The molecular weight excluding hydrogens is 228 g/mol. The lowest BCUT2D eigenvalue weighted by atomic mass is 9.93. The maximum absolute atomic E-state index is 8.97. The lowest BCUT2D eigenvalue weighted by molar-refractivity contribution is -0.0308. The van der Waals surface area contributed by atoms with Crippen LogP contribution in [0.25, 0.3) is 0 Å². The van der Waals surface area contributed by atoms with E-state index >= 15 is 0 Å². The minimum absolute atomic E-state index is 0.319. The van der Waals surface area contributed by atoms with Gasteiger partial charge in [-0.05, 0) is 44.9 Å². The highest BCUT2D eigenvalue weighted by Crippen LogP contribution is 2.23. The lowest BCUT2D eigenvalue weighted by Gasteiger charge is -2.28. The Bertz CT molecular complexity index is 277. The van der Waals surface area contributed by atoms with Crippen LogP contribution in [0.5, 0.6) is 0 Å². The van der Waals surface area contributed by atoms with Crippen molar-refractivity contribution in [1.29, 1.82) is 5.26 Å².